The van der Waals surface area contributed by atoms with Crippen molar-refractivity contribution in [2.75, 3.05) is 6.26 Å². The smallest absolute Gasteiger partial charge is 0.244 e. The van der Waals surface area contributed by atoms with Crippen molar-refractivity contribution >= 4 is 33.4 Å². The molecule has 0 aliphatic rings. The summed E-state index contributed by atoms with van der Waals surface area (Å²) in [7, 11) is -3.23. The molecule has 2 aromatic rings. The van der Waals surface area contributed by atoms with Crippen LogP contribution >= 0.6 is 11.6 Å². The molecule has 0 radical (unpaired) electrons. The molecule has 25 heavy (non-hydrogen) atoms. The number of carbonyl (C=O) groups excluding carboxylic acids is 1. The topological polar surface area (TPSA) is 63.2 Å². The first-order valence-corrected chi connectivity index (χ1v) is 10.1. The molecule has 0 heterocycles. The van der Waals surface area contributed by atoms with Crippen LogP contribution in [0.1, 0.15) is 30.5 Å². The van der Waals surface area contributed by atoms with Crippen LogP contribution in [-0.2, 0) is 14.6 Å². The highest BCUT2D eigenvalue weighted by Gasteiger charge is 2.13. The number of halogens is 1. The predicted octanol–water partition coefficient (Wildman–Crippen LogP) is 4.02. The van der Waals surface area contributed by atoms with Crippen LogP contribution in [0.5, 0.6) is 0 Å². The molecule has 0 spiro atoms. The van der Waals surface area contributed by atoms with E-state index in [1.165, 1.54) is 12.3 Å². The standard InChI is InChI=1S/C19H20ClNO3S/c1-3-18(15-8-11-16(12-9-15)25(2,23)24)21-19(22)13-10-14-6-4-5-7-17(14)20/h4-13,18H,3H2,1-2H3,(H,21,22)/b13-10+/t18-/m1/s1. The summed E-state index contributed by atoms with van der Waals surface area (Å²) >= 11 is 6.06. The minimum absolute atomic E-state index is 0.197. The van der Waals surface area contributed by atoms with Gasteiger partial charge in [0.15, 0.2) is 9.84 Å². The Hall–Kier alpha value is -2.11. The van der Waals surface area contributed by atoms with Gasteiger partial charge in [0.05, 0.1) is 10.9 Å². The van der Waals surface area contributed by atoms with E-state index < -0.39 is 9.84 Å². The average molecular weight is 378 g/mol. The SMILES string of the molecule is CC[C@@H](NC(=O)/C=C/c1ccccc1Cl)c1ccc(S(C)(=O)=O)cc1. The molecule has 1 atom stereocenters. The summed E-state index contributed by atoms with van der Waals surface area (Å²) in [6, 6.07) is 13.6. The molecule has 0 aliphatic carbocycles. The van der Waals surface area contributed by atoms with Crippen molar-refractivity contribution in [3.63, 3.8) is 0 Å². The number of nitrogens with one attached hydrogen (secondary N) is 1. The zero-order chi connectivity index (χ0) is 18.4. The molecule has 4 nitrogen and oxygen atoms in total. The molecule has 0 bridgehead atoms. The van der Waals surface area contributed by atoms with E-state index in [-0.39, 0.29) is 16.8 Å². The minimum Gasteiger partial charge on any atom is -0.346 e. The fourth-order valence-electron chi connectivity index (χ4n) is 2.36. The van der Waals surface area contributed by atoms with Gasteiger partial charge in [0.1, 0.15) is 0 Å². The van der Waals surface area contributed by atoms with E-state index >= 15 is 0 Å². The van der Waals surface area contributed by atoms with Crippen molar-refractivity contribution in [3.8, 4) is 0 Å². The largest absolute Gasteiger partial charge is 0.346 e. The van der Waals surface area contributed by atoms with Gasteiger partial charge in [-0.2, -0.15) is 0 Å². The summed E-state index contributed by atoms with van der Waals surface area (Å²) in [5.74, 6) is -0.237. The second-order valence-electron chi connectivity index (χ2n) is 5.67. The maximum atomic E-state index is 12.2. The average Bonchev–Trinajstić information content (AvgIpc) is 2.58. The minimum atomic E-state index is -3.23. The summed E-state index contributed by atoms with van der Waals surface area (Å²) in [6.07, 6.45) is 4.95. The molecule has 1 N–H and O–H groups in total. The van der Waals surface area contributed by atoms with Crippen LogP contribution in [0.2, 0.25) is 5.02 Å². The van der Waals surface area contributed by atoms with Crippen LogP contribution in [-0.4, -0.2) is 20.6 Å². The Morgan fingerprint density at radius 2 is 1.80 bits per heavy atom. The van der Waals surface area contributed by atoms with Gasteiger partial charge in [0.2, 0.25) is 5.91 Å². The van der Waals surface area contributed by atoms with Gasteiger partial charge in [-0.1, -0.05) is 48.9 Å². The van der Waals surface area contributed by atoms with Gasteiger partial charge >= 0.3 is 0 Å². The van der Waals surface area contributed by atoms with Gasteiger partial charge < -0.3 is 5.32 Å². The first-order chi connectivity index (χ1) is 11.8. The quantitative estimate of drug-likeness (QED) is 0.773. The van der Waals surface area contributed by atoms with Gasteiger partial charge in [0.25, 0.3) is 0 Å². The number of sulfone groups is 1. The van der Waals surface area contributed by atoms with Gasteiger partial charge in [-0.15, -0.1) is 0 Å². The highest BCUT2D eigenvalue weighted by Crippen LogP contribution is 2.20. The number of hydrogen-bond acceptors (Lipinski definition) is 3. The summed E-state index contributed by atoms with van der Waals surface area (Å²) < 4.78 is 23.0. The van der Waals surface area contributed by atoms with E-state index in [1.54, 1.807) is 36.4 Å². The Morgan fingerprint density at radius 3 is 2.36 bits per heavy atom. The zero-order valence-corrected chi connectivity index (χ0v) is 15.6. The van der Waals surface area contributed by atoms with Gasteiger partial charge in [-0.05, 0) is 41.8 Å². The van der Waals surface area contributed by atoms with Crippen molar-refractivity contribution in [2.24, 2.45) is 0 Å². The highest BCUT2D eigenvalue weighted by atomic mass is 35.5. The van der Waals surface area contributed by atoms with Crippen LogP contribution in [0, 0.1) is 0 Å². The monoisotopic (exact) mass is 377 g/mol. The second kappa shape index (κ2) is 8.32. The molecule has 0 unspecified atom stereocenters. The van der Waals surface area contributed by atoms with Crippen molar-refractivity contribution in [2.45, 2.75) is 24.3 Å². The highest BCUT2D eigenvalue weighted by molar-refractivity contribution is 7.90. The lowest BCUT2D eigenvalue weighted by atomic mass is 10.0. The third kappa shape index (κ3) is 5.44. The van der Waals surface area contributed by atoms with Gasteiger partial charge in [-0.25, -0.2) is 8.42 Å². The van der Waals surface area contributed by atoms with E-state index in [9.17, 15) is 13.2 Å². The molecule has 6 heteroatoms. The lowest BCUT2D eigenvalue weighted by Gasteiger charge is -2.16. The first kappa shape index (κ1) is 19.2. The lowest BCUT2D eigenvalue weighted by molar-refractivity contribution is -0.117. The number of rotatable bonds is 6. The third-order valence-corrected chi connectivity index (χ3v) is 5.23. The lowest BCUT2D eigenvalue weighted by Crippen LogP contribution is -2.26. The Bertz CT molecular complexity index is 874. The van der Waals surface area contributed by atoms with E-state index in [0.717, 1.165) is 11.1 Å². The fourth-order valence-corrected chi connectivity index (χ4v) is 3.19. The normalized spacial score (nSPS) is 12.9. The van der Waals surface area contributed by atoms with Crippen LogP contribution in [0.3, 0.4) is 0 Å². The van der Waals surface area contributed by atoms with Gasteiger partial charge in [-0.3, -0.25) is 4.79 Å². The van der Waals surface area contributed by atoms with Crippen molar-refractivity contribution in [3.05, 3.63) is 70.8 Å². The molecule has 0 fully saturated rings. The summed E-state index contributed by atoms with van der Waals surface area (Å²) in [6.45, 7) is 1.95. The number of carbonyl (C=O) groups is 1. The molecule has 1 amide bonds. The van der Waals surface area contributed by atoms with Crippen LogP contribution in [0.25, 0.3) is 6.08 Å². The predicted molar refractivity (Wildman–Crippen MR) is 101 cm³/mol. The fraction of sp³-hybridized carbons (Fsp3) is 0.211. The number of hydrogen-bond donors (Lipinski definition) is 1. The van der Waals surface area contributed by atoms with Crippen LogP contribution < -0.4 is 5.32 Å². The molecule has 2 rings (SSSR count). The third-order valence-electron chi connectivity index (χ3n) is 3.75. The Morgan fingerprint density at radius 1 is 1.16 bits per heavy atom. The first-order valence-electron chi connectivity index (χ1n) is 7.84. The molecule has 0 saturated heterocycles. The second-order valence-corrected chi connectivity index (χ2v) is 8.09. The van der Waals surface area contributed by atoms with E-state index in [4.69, 9.17) is 11.6 Å². The maximum absolute atomic E-state index is 12.2. The molecular weight excluding hydrogens is 358 g/mol. The number of amides is 1. The van der Waals surface area contributed by atoms with Crippen molar-refractivity contribution in [1.29, 1.82) is 0 Å². The molecule has 0 saturated carbocycles. The summed E-state index contributed by atoms with van der Waals surface area (Å²) in [5, 5.41) is 3.49. The molecular formula is C19H20ClNO3S. The molecule has 2 aromatic carbocycles. The summed E-state index contributed by atoms with van der Waals surface area (Å²) in [5.41, 5.74) is 1.62. The van der Waals surface area contributed by atoms with Crippen LogP contribution in [0.4, 0.5) is 0 Å². The molecule has 132 valence electrons. The maximum Gasteiger partial charge on any atom is 0.244 e. The zero-order valence-electron chi connectivity index (χ0n) is 14.1. The van der Waals surface area contributed by atoms with Crippen LogP contribution in [0.15, 0.2) is 59.5 Å². The van der Waals surface area contributed by atoms with Crippen molar-refractivity contribution < 1.29 is 13.2 Å². The van der Waals surface area contributed by atoms with E-state index in [2.05, 4.69) is 5.32 Å². The van der Waals surface area contributed by atoms with Gasteiger partial charge in [0, 0.05) is 17.4 Å². The Labute approximate surface area is 153 Å². The van der Waals surface area contributed by atoms with E-state index in [0.29, 0.717) is 11.4 Å². The molecule has 0 aliphatic heterocycles. The Kier molecular flexibility index (Phi) is 6.39. The van der Waals surface area contributed by atoms with E-state index in [1.807, 2.05) is 25.1 Å². The molecule has 0 aromatic heterocycles. The number of benzene rings is 2. The van der Waals surface area contributed by atoms with Crippen molar-refractivity contribution in [1.82, 2.24) is 5.32 Å². The summed E-state index contributed by atoms with van der Waals surface area (Å²) in [4.78, 5) is 12.4. The Balaban J connectivity index is 2.08.